The molecule has 0 amide bonds. The summed E-state index contributed by atoms with van der Waals surface area (Å²) in [4.78, 5) is 2.38. The summed E-state index contributed by atoms with van der Waals surface area (Å²) < 4.78 is 1.07. The molecule has 1 heterocycles. The lowest BCUT2D eigenvalue weighted by Gasteiger charge is -2.26. The predicted octanol–water partition coefficient (Wildman–Crippen LogP) is 2.54. The van der Waals surface area contributed by atoms with E-state index < -0.39 is 0 Å². The quantitative estimate of drug-likeness (QED) is 0.874. The summed E-state index contributed by atoms with van der Waals surface area (Å²) >= 11 is 3.48. The molecule has 3 N–H and O–H groups in total. The van der Waals surface area contributed by atoms with E-state index in [4.69, 9.17) is 5.73 Å². The number of hydrogen-bond donors (Lipinski definition) is 2. The first-order valence-corrected chi connectivity index (χ1v) is 7.77. The smallest absolute Gasteiger partial charge is 0.0589 e. The molecule has 0 spiro atoms. The van der Waals surface area contributed by atoms with Crippen molar-refractivity contribution in [1.29, 1.82) is 0 Å². The highest BCUT2D eigenvalue weighted by atomic mass is 79.9. The Morgan fingerprint density at radius 1 is 1.53 bits per heavy atom. The molecule has 1 aliphatic heterocycles. The average molecular weight is 327 g/mol. The molecular weight excluding hydrogens is 304 g/mol. The molecule has 1 aromatic rings. The number of benzene rings is 1. The second-order valence-electron chi connectivity index (χ2n) is 5.50. The molecule has 0 radical (unpaired) electrons. The first-order chi connectivity index (χ1) is 9.11. The standard InChI is InChI=1S/C15H23BrN2O/c1-11-5-7-18(15(11)10-19)8-6-14(17)12-3-2-4-13(16)9-12/h2-4,9,11,14-15,19H,5-8,10,17H2,1H3. The van der Waals surface area contributed by atoms with Crippen molar-refractivity contribution < 1.29 is 5.11 Å². The van der Waals surface area contributed by atoms with Gasteiger partial charge in [0.2, 0.25) is 0 Å². The van der Waals surface area contributed by atoms with Gasteiger partial charge in [-0.2, -0.15) is 0 Å². The number of rotatable bonds is 5. The lowest BCUT2D eigenvalue weighted by molar-refractivity contribution is 0.136. The van der Waals surface area contributed by atoms with Crippen LogP contribution in [0.5, 0.6) is 0 Å². The number of likely N-dealkylation sites (tertiary alicyclic amines) is 1. The average Bonchev–Trinajstić information content (AvgIpc) is 2.76. The van der Waals surface area contributed by atoms with Crippen LogP contribution in [-0.2, 0) is 0 Å². The molecule has 0 aromatic heterocycles. The van der Waals surface area contributed by atoms with Crippen LogP contribution in [0.1, 0.15) is 31.4 Å². The van der Waals surface area contributed by atoms with Crippen molar-refractivity contribution in [2.45, 2.75) is 31.8 Å². The minimum Gasteiger partial charge on any atom is -0.395 e. The zero-order valence-corrected chi connectivity index (χ0v) is 13.0. The van der Waals surface area contributed by atoms with Gasteiger partial charge in [-0.1, -0.05) is 35.0 Å². The highest BCUT2D eigenvalue weighted by molar-refractivity contribution is 9.10. The SMILES string of the molecule is CC1CCN(CCC(N)c2cccc(Br)c2)C1CO. The highest BCUT2D eigenvalue weighted by Gasteiger charge is 2.30. The minimum atomic E-state index is 0.0627. The second kappa shape index (κ2) is 6.84. The van der Waals surface area contributed by atoms with Gasteiger partial charge in [-0.15, -0.1) is 0 Å². The van der Waals surface area contributed by atoms with E-state index in [1.54, 1.807) is 0 Å². The summed E-state index contributed by atoms with van der Waals surface area (Å²) in [6.45, 7) is 4.52. The molecule has 0 saturated carbocycles. The third-order valence-corrected chi connectivity index (χ3v) is 4.68. The van der Waals surface area contributed by atoms with Gasteiger partial charge in [0, 0.05) is 23.1 Å². The van der Waals surface area contributed by atoms with Crippen LogP contribution in [0.2, 0.25) is 0 Å². The maximum absolute atomic E-state index is 9.45. The van der Waals surface area contributed by atoms with Gasteiger partial charge in [0.1, 0.15) is 0 Å². The third-order valence-electron chi connectivity index (χ3n) is 4.19. The topological polar surface area (TPSA) is 49.5 Å². The summed E-state index contributed by atoms with van der Waals surface area (Å²) in [6.07, 6.45) is 2.11. The zero-order chi connectivity index (χ0) is 13.8. The number of aliphatic hydroxyl groups excluding tert-OH is 1. The molecule has 1 fully saturated rings. The second-order valence-corrected chi connectivity index (χ2v) is 6.42. The molecule has 3 nitrogen and oxygen atoms in total. The summed E-state index contributed by atoms with van der Waals surface area (Å²) in [5.74, 6) is 0.590. The van der Waals surface area contributed by atoms with Crippen molar-refractivity contribution in [1.82, 2.24) is 4.90 Å². The molecule has 0 bridgehead atoms. The number of hydrogen-bond acceptors (Lipinski definition) is 3. The van der Waals surface area contributed by atoms with Crippen LogP contribution in [0.4, 0.5) is 0 Å². The summed E-state index contributed by atoms with van der Waals surface area (Å²) in [7, 11) is 0. The lowest BCUT2D eigenvalue weighted by Crippen LogP contribution is -2.36. The number of halogens is 1. The van der Waals surface area contributed by atoms with E-state index in [-0.39, 0.29) is 12.6 Å². The Morgan fingerprint density at radius 3 is 3.00 bits per heavy atom. The van der Waals surface area contributed by atoms with E-state index in [9.17, 15) is 5.11 Å². The van der Waals surface area contributed by atoms with Crippen LogP contribution in [0.15, 0.2) is 28.7 Å². The fourth-order valence-electron chi connectivity index (χ4n) is 2.87. The maximum Gasteiger partial charge on any atom is 0.0589 e. The number of aliphatic hydroxyl groups is 1. The number of nitrogens with zero attached hydrogens (tertiary/aromatic N) is 1. The normalized spacial score (nSPS) is 25.7. The van der Waals surface area contributed by atoms with Crippen molar-refractivity contribution in [3.05, 3.63) is 34.3 Å². The van der Waals surface area contributed by atoms with E-state index in [2.05, 4.69) is 39.9 Å². The van der Waals surface area contributed by atoms with Gasteiger partial charge >= 0.3 is 0 Å². The molecule has 1 saturated heterocycles. The molecule has 4 heteroatoms. The van der Waals surface area contributed by atoms with Crippen molar-refractivity contribution in [2.75, 3.05) is 19.7 Å². The Hall–Kier alpha value is -0.420. The van der Waals surface area contributed by atoms with E-state index in [1.807, 2.05) is 12.1 Å². The van der Waals surface area contributed by atoms with Gasteiger partial charge in [0.25, 0.3) is 0 Å². The van der Waals surface area contributed by atoms with Crippen LogP contribution in [-0.4, -0.2) is 35.7 Å². The van der Waals surface area contributed by atoms with Gasteiger partial charge in [-0.05, 0) is 43.0 Å². The van der Waals surface area contributed by atoms with Gasteiger partial charge in [0.05, 0.1) is 6.61 Å². The first-order valence-electron chi connectivity index (χ1n) is 6.97. The highest BCUT2D eigenvalue weighted by Crippen LogP contribution is 2.25. The Morgan fingerprint density at radius 2 is 2.32 bits per heavy atom. The monoisotopic (exact) mass is 326 g/mol. The van der Waals surface area contributed by atoms with Crippen LogP contribution in [0, 0.1) is 5.92 Å². The molecule has 3 unspecified atom stereocenters. The van der Waals surface area contributed by atoms with Crippen molar-refractivity contribution in [3.63, 3.8) is 0 Å². The molecule has 106 valence electrons. The molecule has 0 aliphatic carbocycles. The van der Waals surface area contributed by atoms with Gasteiger partial charge < -0.3 is 10.8 Å². The van der Waals surface area contributed by atoms with Crippen LogP contribution in [0.25, 0.3) is 0 Å². The molecule has 19 heavy (non-hydrogen) atoms. The van der Waals surface area contributed by atoms with Gasteiger partial charge in [0.15, 0.2) is 0 Å². The van der Waals surface area contributed by atoms with Crippen LogP contribution < -0.4 is 5.73 Å². The number of nitrogens with two attached hydrogens (primary N) is 1. The Kier molecular flexibility index (Phi) is 5.39. The maximum atomic E-state index is 9.45. The van der Waals surface area contributed by atoms with E-state index in [0.717, 1.165) is 24.0 Å². The summed E-state index contributed by atoms with van der Waals surface area (Å²) in [6, 6.07) is 8.57. The van der Waals surface area contributed by atoms with Crippen LogP contribution in [0.3, 0.4) is 0 Å². The molecular formula is C15H23BrN2O. The first kappa shape index (κ1) is 15.0. The predicted molar refractivity (Wildman–Crippen MR) is 81.9 cm³/mol. The fourth-order valence-corrected chi connectivity index (χ4v) is 3.29. The van der Waals surface area contributed by atoms with Crippen molar-refractivity contribution >= 4 is 15.9 Å². The Labute approximate surface area is 123 Å². The van der Waals surface area contributed by atoms with Crippen molar-refractivity contribution in [2.24, 2.45) is 11.7 Å². The van der Waals surface area contributed by atoms with Crippen LogP contribution >= 0.6 is 15.9 Å². The minimum absolute atomic E-state index is 0.0627. The summed E-state index contributed by atoms with van der Waals surface area (Å²) in [5, 5.41) is 9.45. The van der Waals surface area contributed by atoms with E-state index in [1.165, 1.54) is 12.0 Å². The molecule has 1 aliphatic rings. The van der Waals surface area contributed by atoms with E-state index >= 15 is 0 Å². The lowest BCUT2D eigenvalue weighted by atomic mass is 10.0. The largest absolute Gasteiger partial charge is 0.395 e. The van der Waals surface area contributed by atoms with Crippen molar-refractivity contribution in [3.8, 4) is 0 Å². The van der Waals surface area contributed by atoms with Gasteiger partial charge in [-0.3, -0.25) is 4.90 Å². The fraction of sp³-hybridized carbons (Fsp3) is 0.600. The molecule has 3 atom stereocenters. The van der Waals surface area contributed by atoms with Gasteiger partial charge in [-0.25, -0.2) is 0 Å². The Balaban J connectivity index is 1.88. The zero-order valence-electron chi connectivity index (χ0n) is 11.4. The summed E-state index contributed by atoms with van der Waals surface area (Å²) in [5.41, 5.74) is 7.42. The Bertz CT molecular complexity index is 413. The van der Waals surface area contributed by atoms with E-state index in [0.29, 0.717) is 12.0 Å². The molecule has 2 rings (SSSR count). The molecule has 1 aromatic carbocycles. The third kappa shape index (κ3) is 3.78.